The largest absolute Gasteiger partial charge is 0.504 e. The van der Waals surface area contributed by atoms with E-state index in [1.54, 1.807) is 12.0 Å². The number of rotatable bonds is 4. The van der Waals surface area contributed by atoms with Gasteiger partial charge in [0.2, 0.25) is 0 Å². The lowest BCUT2D eigenvalue weighted by atomic mass is 9.89. The molecule has 0 spiro atoms. The van der Waals surface area contributed by atoms with Crippen LogP contribution in [0.25, 0.3) is 5.69 Å². The molecular formula is C22H23N3O3. The molecule has 6 heteroatoms. The maximum absolute atomic E-state index is 12.9. The van der Waals surface area contributed by atoms with Crippen molar-refractivity contribution < 1.29 is 14.6 Å². The van der Waals surface area contributed by atoms with Gasteiger partial charge in [-0.1, -0.05) is 30.3 Å². The summed E-state index contributed by atoms with van der Waals surface area (Å²) in [5, 5.41) is 14.6. The van der Waals surface area contributed by atoms with Crippen molar-refractivity contribution >= 4 is 5.91 Å². The number of carbonyl (C=O) groups excluding carboxylic acids is 1. The maximum atomic E-state index is 12.9. The first-order valence-electron chi connectivity index (χ1n) is 9.43. The van der Waals surface area contributed by atoms with E-state index in [1.165, 1.54) is 16.4 Å². The van der Waals surface area contributed by atoms with Crippen molar-refractivity contribution in [2.75, 3.05) is 20.2 Å². The number of piperidine rings is 1. The van der Waals surface area contributed by atoms with Gasteiger partial charge in [0, 0.05) is 13.1 Å². The molecule has 0 radical (unpaired) electrons. The standard InChI is InChI=1S/C22H23N3O3/c1-28-19-9-7-18(8-10-19)25-15-20(26)21(23-25)22(27)24-13-11-17(12-14-24)16-5-3-2-4-6-16/h2-10,15,17,26H,11-14H2,1H3. The van der Waals surface area contributed by atoms with Gasteiger partial charge in [-0.05, 0) is 48.6 Å². The van der Waals surface area contributed by atoms with Crippen molar-refractivity contribution in [2.24, 2.45) is 0 Å². The summed E-state index contributed by atoms with van der Waals surface area (Å²) < 4.78 is 6.66. The Balaban J connectivity index is 1.46. The van der Waals surface area contributed by atoms with Crippen molar-refractivity contribution in [3.63, 3.8) is 0 Å². The number of hydrogen-bond donors (Lipinski definition) is 1. The fraction of sp³-hybridized carbons (Fsp3) is 0.273. The summed E-state index contributed by atoms with van der Waals surface area (Å²) in [5.41, 5.74) is 2.16. The number of benzene rings is 2. The van der Waals surface area contributed by atoms with Gasteiger partial charge >= 0.3 is 0 Å². The minimum Gasteiger partial charge on any atom is -0.504 e. The normalized spacial score (nSPS) is 14.8. The molecule has 6 nitrogen and oxygen atoms in total. The number of likely N-dealkylation sites (tertiary alicyclic amines) is 1. The molecule has 28 heavy (non-hydrogen) atoms. The van der Waals surface area contributed by atoms with Gasteiger partial charge in [-0.3, -0.25) is 4.79 Å². The summed E-state index contributed by atoms with van der Waals surface area (Å²) in [6, 6.07) is 17.7. The molecule has 1 saturated heterocycles. The molecule has 3 aromatic rings. The van der Waals surface area contributed by atoms with E-state index in [-0.39, 0.29) is 17.4 Å². The van der Waals surface area contributed by atoms with Gasteiger partial charge in [-0.15, -0.1) is 0 Å². The third-order valence-corrected chi connectivity index (χ3v) is 5.29. The molecule has 0 aliphatic carbocycles. The van der Waals surface area contributed by atoms with Gasteiger partial charge in [0.05, 0.1) is 19.0 Å². The van der Waals surface area contributed by atoms with Gasteiger partial charge in [0.15, 0.2) is 11.4 Å². The Bertz CT molecular complexity index is 943. The second-order valence-electron chi connectivity index (χ2n) is 6.98. The highest BCUT2D eigenvalue weighted by Gasteiger charge is 2.28. The Morgan fingerprint density at radius 1 is 1.07 bits per heavy atom. The molecule has 144 valence electrons. The van der Waals surface area contributed by atoms with Crippen LogP contribution in [-0.2, 0) is 0 Å². The number of hydrogen-bond acceptors (Lipinski definition) is 4. The molecule has 0 bridgehead atoms. The minimum absolute atomic E-state index is 0.0916. The monoisotopic (exact) mass is 377 g/mol. The van der Waals surface area contributed by atoms with Crippen molar-refractivity contribution in [2.45, 2.75) is 18.8 Å². The van der Waals surface area contributed by atoms with Crippen LogP contribution >= 0.6 is 0 Å². The predicted molar refractivity (Wildman–Crippen MR) is 106 cm³/mol. The first kappa shape index (κ1) is 18.1. The van der Waals surface area contributed by atoms with Crippen LogP contribution in [0.15, 0.2) is 60.8 Å². The van der Waals surface area contributed by atoms with Crippen molar-refractivity contribution in [3.05, 3.63) is 72.1 Å². The number of carbonyl (C=O) groups is 1. The lowest BCUT2D eigenvalue weighted by Gasteiger charge is -2.31. The lowest BCUT2D eigenvalue weighted by molar-refractivity contribution is 0.0703. The molecule has 0 atom stereocenters. The van der Waals surface area contributed by atoms with Crippen LogP contribution in [-0.4, -0.2) is 45.9 Å². The summed E-state index contributed by atoms with van der Waals surface area (Å²) in [6.45, 7) is 1.32. The Morgan fingerprint density at radius 3 is 2.39 bits per heavy atom. The molecule has 1 aliphatic heterocycles. The molecule has 1 N–H and O–H groups in total. The van der Waals surface area contributed by atoms with Crippen LogP contribution in [0.5, 0.6) is 11.5 Å². The van der Waals surface area contributed by atoms with Crippen LogP contribution in [0.2, 0.25) is 0 Å². The minimum atomic E-state index is -0.226. The van der Waals surface area contributed by atoms with E-state index in [1.807, 2.05) is 30.3 Å². The molecule has 0 saturated carbocycles. The zero-order chi connectivity index (χ0) is 19.5. The number of methoxy groups -OCH3 is 1. The zero-order valence-electron chi connectivity index (χ0n) is 15.8. The highest BCUT2D eigenvalue weighted by molar-refractivity contribution is 5.95. The van der Waals surface area contributed by atoms with Crippen molar-refractivity contribution in [1.82, 2.24) is 14.7 Å². The first-order valence-corrected chi connectivity index (χ1v) is 9.43. The van der Waals surface area contributed by atoms with E-state index in [0.29, 0.717) is 19.0 Å². The van der Waals surface area contributed by atoms with Gasteiger partial charge in [-0.25, -0.2) is 4.68 Å². The fourth-order valence-electron chi connectivity index (χ4n) is 3.68. The Labute approximate surface area is 164 Å². The van der Waals surface area contributed by atoms with E-state index >= 15 is 0 Å². The molecule has 1 amide bonds. The number of ether oxygens (including phenoxy) is 1. The van der Waals surface area contributed by atoms with E-state index in [4.69, 9.17) is 4.74 Å². The van der Waals surface area contributed by atoms with E-state index in [0.717, 1.165) is 24.3 Å². The van der Waals surface area contributed by atoms with Crippen molar-refractivity contribution in [1.29, 1.82) is 0 Å². The SMILES string of the molecule is COc1ccc(-n2cc(O)c(C(=O)N3CCC(c4ccccc4)CC3)n2)cc1. The van der Waals surface area contributed by atoms with Crippen LogP contribution in [0.4, 0.5) is 0 Å². The Hall–Kier alpha value is -3.28. The summed E-state index contributed by atoms with van der Waals surface area (Å²) in [6.07, 6.45) is 3.29. The summed E-state index contributed by atoms with van der Waals surface area (Å²) >= 11 is 0. The van der Waals surface area contributed by atoms with Gasteiger partial charge < -0.3 is 14.7 Å². The molecule has 0 unspecified atom stereocenters. The highest BCUT2D eigenvalue weighted by Crippen LogP contribution is 2.29. The zero-order valence-corrected chi connectivity index (χ0v) is 15.8. The topological polar surface area (TPSA) is 67.6 Å². The second-order valence-corrected chi connectivity index (χ2v) is 6.98. The molecule has 2 heterocycles. The van der Waals surface area contributed by atoms with Gasteiger partial charge in [0.25, 0.3) is 5.91 Å². The summed E-state index contributed by atoms with van der Waals surface area (Å²) in [7, 11) is 1.60. The number of aromatic hydroxyl groups is 1. The molecule has 4 rings (SSSR count). The average Bonchev–Trinajstić information content (AvgIpc) is 3.15. The first-order chi connectivity index (χ1) is 13.7. The molecular weight excluding hydrogens is 354 g/mol. The Kier molecular flexibility index (Phi) is 5.02. The lowest BCUT2D eigenvalue weighted by Crippen LogP contribution is -2.38. The van der Waals surface area contributed by atoms with Crippen LogP contribution in [0.1, 0.15) is 34.8 Å². The predicted octanol–water partition coefficient (Wildman–Crippen LogP) is 3.61. The fourth-order valence-corrected chi connectivity index (χ4v) is 3.68. The van der Waals surface area contributed by atoms with Crippen LogP contribution in [0, 0.1) is 0 Å². The van der Waals surface area contributed by atoms with E-state index < -0.39 is 0 Å². The maximum Gasteiger partial charge on any atom is 0.278 e. The van der Waals surface area contributed by atoms with E-state index in [2.05, 4.69) is 29.4 Å². The number of amides is 1. The molecule has 1 aliphatic rings. The molecule has 2 aromatic carbocycles. The van der Waals surface area contributed by atoms with Crippen LogP contribution in [0.3, 0.4) is 0 Å². The third-order valence-electron chi connectivity index (χ3n) is 5.29. The van der Waals surface area contributed by atoms with Crippen LogP contribution < -0.4 is 4.74 Å². The molecule has 1 aromatic heterocycles. The smallest absolute Gasteiger partial charge is 0.278 e. The summed E-state index contributed by atoms with van der Waals surface area (Å²) in [5.74, 6) is 0.871. The van der Waals surface area contributed by atoms with Gasteiger partial charge in [0.1, 0.15) is 5.75 Å². The van der Waals surface area contributed by atoms with E-state index in [9.17, 15) is 9.90 Å². The summed E-state index contributed by atoms with van der Waals surface area (Å²) in [4.78, 5) is 14.7. The van der Waals surface area contributed by atoms with Crippen molar-refractivity contribution in [3.8, 4) is 17.2 Å². The molecule has 1 fully saturated rings. The Morgan fingerprint density at radius 2 is 1.75 bits per heavy atom. The highest BCUT2D eigenvalue weighted by atomic mass is 16.5. The second kappa shape index (κ2) is 7.76. The quantitative estimate of drug-likeness (QED) is 0.754. The third kappa shape index (κ3) is 3.58. The number of aromatic nitrogens is 2. The number of nitrogens with zero attached hydrogens (tertiary/aromatic N) is 3. The van der Waals surface area contributed by atoms with Gasteiger partial charge in [-0.2, -0.15) is 5.10 Å². The average molecular weight is 377 g/mol.